The molecule has 0 saturated carbocycles. The zero-order chi connectivity index (χ0) is 20.1. The van der Waals surface area contributed by atoms with E-state index in [9.17, 15) is 4.79 Å². The lowest BCUT2D eigenvalue weighted by atomic mass is 10.1. The van der Waals surface area contributed by atoms with Gasteiger partial charge in [0.2, 0.25) is 5.88 Å². The molecule has 4 aromatic rings. The normalized spacial score (nSPS) is 15.6. The summed E-state index contributed by atoms with van der Waals surface area (Å²) in [5.41, 5.74) is 4.26. The van der Waals surface area contributed by atoms with Crippen molar-refractivity contribution in [3.05, 3.63) is 42.4 Å². The lowest BCUT2D eigenvalue weighted by molar-refractivity contribution is 0.112. The number of aromatic nitrogens is 3. The number of hydrogen-bond acceptors (Lipinski definition) is 8. The zero-order valence-corrected chi connectivity index (χ0v) is 16.6. The fourth-order valence-electron chi connectivity index (χ4n) is 3.37. The summed E-state index contributed by atoms with van der Waals surface area (Å²) < 4.78 is 17.8. The third-order valence-corrected chi connectivity index (χ3v) is 5.80. The highest BCUT2D eigenvalue weighted by Gasteiger charge is 2.24. The number of benzene rings is 2. The number of hydrogen-bond donors (Lipinski definition) is 0. The largest absolute Gasteiger partial charge is 0.484 e. The van der Waals surface area contributed by atoms with Gasteiger partial charge in [-0.25, -0.2) is 15.0 Å². The molecule has 2 aromatic carbocycles. The highest BCUT2D eigenvalue weighted by atomic mass is 32.1. The first-order valence-electron chi connectivity index (χ1n) is 8.94. The Morgan fingerprint density at radius 2 is 2.14 bits per heavy atom. The molecule has 0 fully saturated rings. The van der Waals surface area contributed by atoms with Crippen LogP contribution in [-0.4, -0.2) is 41.1 Å². The second kappa shape index (κ2) is 6.66. The van der Waals surface area contributed by atoms with Crippen LogP contribution in [0.25, 0.3) is 31.8 Å². The minimum Gasteiger partial charge on any atom is -0.484 e. The molecule has 0 spiro atoms. The van der Waals surface area contributed by atoms with Crippen LogP contribution in [0, 0.1) is 13.8 Å². The SMILES string of the molecule is [CH2]C1COc2c(cc(C)c3nc(-c4cc(C=O)cc5nc(OC)cnc45)sc23)O1. The van der Waals surface area contributed by atoms with Crippen LogP contribution < -0.4 is 14.2 Å². The number of thiazole rings is 1. The molecule has 3 heterocycles. The average Bonchev–Trinajstić information content (AvgIpc) is 3.18. The first kappa shape index (κ1) is 17.8. The number of aryl methyl sites for hydroxylation is 1. The van der Waals surface area contributed by atoms with Crippen LogP contribution in [0.15, 0.2) is 24.4 Å². The van der Waals surface area contributed by atoms with E-state index < -0.39 is 0 Å². The maximum atomic E-state index is 11.5. The van der Waals surface area contributed by atoms with Crippen LogP contribution in [-0.2, 0) is 0 Å². The van der Waals surface area contributed by atoms with Crippen molar-refractivity contribution >= 4 is 38.9 Å². The smallest absolute Gasteiger partial charge is 0.232 e. The first-order valence-corrected chi connectivity index (χ1v) is 9.76. The Hall–Kier alpha value is -3.26. The van der Waals surface area contributed by atoms with Gasteiger partial charge in [0.15, 0.2) is 11.5 Å². The Morgan fingerprint density at radius 3 is 2.93 bits per heavy atom. The highest BCUT2D eigenvalue weighted by Crippen LogP contribution is 2.45. The Labute approximate surface area is 170 Å². The summed E-state index contributed by atoms with van der Waals surface area (Å²) >= 11 is 1.47. The minimum absolute atomic E-state index is 0.245. The van der Waals surface area contributed by atoms with Gasteiger partial charge in [0.25, 0.3) is 0 Å². The molecule has 2 aromatic heterocycles. The Kier molecular flexibility index (Phi) is 4.09. The molecule has 145 valence electrons. The van der Waals surface area contributed by atoms with E-state index >= 15 is 0 Å². The van der Waals surface area contributed by atoms with E-state index in [1.165, 1.54) is 18.4 Å². The summed E-state index contributed by atoms with van der Waals surface area (Å²) in [6, 6.07) is 5.38. The molecule has 1 unspecified atom stereocenters. The molecule has 0 N–H and O–H groups in total. The topological polar surface area (TPSA) is 83.4 Å². The van der Waals surface area contributed by atoms with Gasteiger partial charge in [0.1, 0.15) is 28.7 Å². The van der Waals surface area contributed by atoms with Crippen LogP contribution in [0.5, 0.6) is 17.4 Å². The van der Waals surface area contributed by atoms with Crippen molar-refractivity contribution in [1.82, 2.24) is 15.0 Å². The van der Waals surface area contributed by atoms with Crippen molar-refractivity contribution < 1.29 is 19.0 Å². The molecule has 8 heteroatoms. The molecule has 1 aliphatic rings. The fourth-order valence-corrected chi connectivity index (χ4v) is 4.52. The predicted octanol–water partition coefficient (Wildman–Crippen LogP) is 4.01. The van der Waals surface area contributed by atoms with Crippen LogP contribution in [0.4, 0.5) is 0 Å². The van der Waals surface area contributed by atoms with Gasteiger partial charge in [0.05, 0.1) is 29.9 Å². The van der Waals surface area contributed by atoms with E-state index in [1.807, 2.05) is 13.0 Å². The van der Waals surface area contributed by atoms with Gasteiger partial charge in [-0.05, 0) is 37.6 Å². The zero-order valence-electron chi connectivity index (χ0n) is 15.8. The van der Waals surface area contributed by atoms with Gasteiger partial charge in [0, 0.05) is 11.1 Å². The number of rotatable bonds is 3. The Morgan fingerprint density at radius 1 is 1.28 bits per heavy atom. The first-order chi connectivity index (χ1) is 14.1. The van der Waals surface area contributed by atoms with Crippen molar-refractivity contribution in [3.8, 4) is 28.0 Å². The van der Waals surface area contributed by atoms with E-state index in [1.54, 1.807) is 18.3 Å². The lowest BCUT2D eigenvalue weighted by Gasteiger charge is -2.24. The average molecular weight is 406 g/mol. The Bertz CT molecular complexity index is 1280. The van der Waals surface area contributed by atoms with E-state index in [0.29, 0.717) is 40.6 Å². The van der Waals surface area contributed by atoms with Gasteiger partial charge in [-0.3, -0.25) is 4.79 Å². The summed E-state index contributed by atoms with van der Waals surface area (Å²) in [5.74, 6) is 1.74. The van der Waals surface area contributed by atoms with Crippen molar-refractivity contribution in [3.63, 3.8) is 0 Å². The number of carbonyl (C=O) groups excluding carboxylic acids is 1. The Balaban J connectivity index is 1.77. The molecule has 0 saturated heterocycles. The molecule has 1 radical (unpaired) electrons. The molecule has 1 atom stereocenters. The molecule has 5 rings (SSSR count). The number of fused-ring (bicyclic) bond motifs is 4. The number of methoxy groups -OCH3 is 1. The second-order valence-corrected chi connectivity index (χ2v) is 7.73. The fraction of sp³-hybridized carbons (Fsp3) is 0.190. The standard InChI is InChI=1S/C21H16N3O4S/c1-10-4-15-19(27-9-11(2)28-15)20-17(10)24-21(29-20)13-5-12(8-25)6-14-18(13)22-7-16(23-14)26-3/h4-8,11H,2,9H2,1,3H3. The van der Waals surface area contributed by atoms with Gasteiger partial charge in [-0.2, -0.15) is 0 Å². The number of nitrogens with zero attached hydrogens (tertiary/aromatic N) is 3. The summed E-state index contributed by atoms with van der Waals surface area (Å²) in [6.07, 6.45) is 2.10. The number of ether oxygens (including phenoxy) is 3. The minimum atomic E-state index is -0.245. The highest BCUT2D eigenvalue weighted by molar-refractivity contribution is 7.22. The molecule has 7 nitrogen and oxygen atoms in total. The number of aldehydes is 1. The van der Waals surface area contributed by atoms with E-state index in [4.69, 9.17) is 19.2 Å². The van der Waals surface area contributed by atoms with E-state index in [-0.39, 0.29) is 6.10 Å². The van der Waals surface area contributed by atoms with Crippen LogP contribution in [0.1, 0.15) is 15.9 Å². The van der Waals surface area contributed by atoms with Crippen molar-refractivity contribution in [1.29, 1.82) is 0 Å². The second-order valence-electron chi connectivity index (χ2n) is 6.73. The summed E-state index contributed by atoms with van der Waals surface area (Å²) in [7, 11) is 1.53. The van der Waals surface area contributed by atoms with E-state index in [2.05, 4.69) is 16.9 Å². The molecule has 0 amide bonds. The van der Waals surface area contributed by atoms with Crippen molar-refractivity contribution in [2.45, 2.75) is 13.0 Å². The molecule has 0 aliphatic carbocycles. The molecular formula is C21H16N3O4S. The molecule has 0 bridgehead atoms. The lowest BCUT2D eigenvalue weighted by Crippen LogP contribution is -2.26. The van der Waals surface area contributed by atoms with Crippen LogP contribution in [0.2, 0.25) is 0 Å². The summed E-state index contributed by atoms with van der Waals surface area (Å²) in [6.45, 7) is 6.27. The molecule has 1 aliphatic heterocycles. The monoisotopic (exact) mass is 406 g/mol. The van der Waals surface area contributed by atoms with Crippen molar-refractivity contribution in [2.24, 2.45) is 0 Å². The predicted molar refractivity (Wildman–Crippen MR) is 110 cm³/mol. The third-order valence-electron chi connectivity index (χ3n) is 4.71. The molecule has 29 heavy (non-hydrogen) atoms. The van der Waals surface area contributed by atoms with Gasteiger partial charge < -0.3 is 14.2 Å². The van der Waals surface area contributed by atoms with Gasteiger partial charge in [-0.15, -0.1) is 11.3 Å². The van der Waals surface area contributed by atoms with Crippen molar-refractivity contribution in [2.75, 3.05) is 13.7 Å². The maximum Gasteiger partial charge on any atom is 0.232 e. The maximum absolute atomic E-state index is 11.5. The molecular weight excluding hydrogens is 390 g/mol. The van der Waals surface area contributed by atoms with Crippen LogP contribution in [0.3, 0.4) is 0 Å². The number of carbonyl (C=O) groups is 1. The van der Waals surface area contributed by atoms with Crippen LogP contribution >= 0.6 is 11.3 Å². The van der Waals surface area contributed by atoms with Gasteiger partial charge >= 0.3 is 0 Å². The third kappa shape index (κ3) is 2.87. The van der Waals surface area contributed by atoms with E-state index in [0.717, 1.165) is 32.6 Å². The quantitative estimate of drug-likeness (QED) is 0.475. The summed E-state index contributed by atoms with van der Waals surface area (Å²) in [5, 5.41) is 0.727. The summed E-state index contributed by atoms with van der Waals surface area (Å²) in [4.78, 5) is 25.2. The van der Waals surface area contributed by atoms with Gasteiger partial charge in [-0.1, -0.05) is 0 Å².